The van der Waals surface area contributed by atoms with Gasteiger partial charge in [-0.05, 0) is 66.5 Å². The lowest BCUT2D eigenvalue weighted by Gasteiger charge is -2.08. The highest BCUT2D eigenvalue weighted by Crippen LogP contribution is 2.28. The smallest absolute Gasteiger partial charge is 0.271 e. The highest BCUT2D eigenvalue weighted by Gasteiger charge is 2.10. The molecule has 9 heteroatoms. The Bertz CT molecular complexity index is 969. The average Bonchev–Trinajstić information content (AvgIpc) is 3.24. The number of benzene rings is 1. The molecule has 2 heterocycles. The summed E-state index contributed by atoms with van der Waals surface area (Å²) in [7, 11) is 0. The van der Waals surface area contributed by atoms with Crippen LogP contribution in [0.3, 0.4) is 0 Å². The van der Waals surface area contributed by atoms with Crippen LogP contribution >= 0.6 is 27.5 Å². The van der Waals surface area contributed by atoms with Crippen molar-refractivity contribution in [2.45, 2.75) is 33.5 Å². The molecule has 1 N–H and O–H groups in total. The van der Waals surface area contributed by atoms with Gasteiger partial charge in [0.05, 0.1) is 10.2 Å². The van der Waals surface area contributed by atoms with E-state index in [4.69, 9.17) is 16.3 Å². The zero-order valence-corrected chi connectivity index (χ0v) is 18.0. The maximum atomic E-state index is 12.2. The standard InChI is InChI=1S/C19H21BrClN5O2/c1-13-10-14(2)26(23-13)8-3-7-22-19(27)17-6-9-25(24-17)12-28-18-5-4-15(21)11-16(18)20/h4-6,9-11H,3,7-8,12H2,1-2H3,(H,22,27). The van der Waals surface area contributed by atoms with Crippen molar-refractivity contribution in [3.8, 4) is 5.75 Å². The van der Waals surface area contributed by atoms with Crippen LogP contribution in [0, 0.1) is 13.8 Å². The van der Waals surface area contributed by atoms with E-state index in [1.165, 1.54) is 0 Å². The molecule has 148 valence electrons. The van der Waals surface area contributed by atoms with Gasteiger partial charge in [0.25, 0.3) is 5.91 Å². The first-order valence-corrected chi connectivity index (χ1v) is 10.00. The first-order chi connectivity index (χ1) is 13.4. The number of halogens is 2. The van der Waals surface area contributed by atoms with Crippen molar-refractivity contribution in [2.75, 3.05) is 6.54 Å². The van der Waals surface area contributed by atoms with Crippen molar-refractivity contribution >= 4 is 33.4 Å². The molecule has 28 heavy (non-hydrogen) atoms. The van der Waals surface area contributed by atoms with Gasteiger partial charge in [-0.2, -0.15) is 10.2 Å². The lowest BCUT2D eigenvalue weighted by atomic mass is 10.3. The Balaban J connectivity index is 1.45. The first kappa shape index (κ1) is 20.4. The topological polar surface area (TPSA) is 74.0 Å². The van der Waals surface area contributed by atoms with E-state index >= 15 is 0 Å². The van der Waals surface area contributed by atoms with Crippen LogP contribution < -0.4 is 10.1 Å². The van der Waals surface area contributed by atoms with E-state index in [9.17, 15) is 4.79 Å². The zero-order chi connectivity index (χ0) is 20.1. The minimum atomic E-state index is -0.209. The molecule has 0 aliphatic carbocycles. The molecule has 0 aliphatic rings. The zero-order valence-electron chi connectivity index (χ0n) is 15.7. The number of ether oxygens (including phenoxy) is 1. The quantitative estimate of drug-likeness (QED) is 0.510. The largest absolute Gasteiger partial charge is 0.470 e. The van der Waals surface area contributed by atoms with Gasteiger partial charge in [-0.25, -0.2) is 4.68 Å². The van der Waals surface area contributed by atoms with Gasteiger partial charge in [-0.15, -0.1) is 0 Å². The average molecular weight is 467 g/mol. The summed E-state index contributed by atoms with van der Waals surface area (Å²) in [5.74, 6) is 0.440. The highest BCUT2D eigenvalue weighted by molar-refractivity contribution is 9.10. The molecule has 0 saturated carbocycles. The Morgan fingerprint density at radius 1 is 1.25 bits per heavy atom. The molecule has 0 bridgehead atoms. The van der Waals surface area contributed by atoms with Crippen LogP contribution in [-0.4, -0.2) is 32.0 Å². The second kappa shape index (κ2) is 9.25. The molecule has 0 atom stereocenters. The number of nitrogens with zero attached hydrogens (tertiary/aromatic N) is 4. The second-order valence-corrected chi connectivity index (χ2v) is 7.64. The number of aryl methyl sites for hydroxylation is 3. The van der Waals surface area contributed by atoms with E-state index in [0.29, 0.717) is 23.0 Å². The fourth-order valence-electron chi connectivity index (χ4n) is 2.71. The molecule has 3 rings (SSSR count). The van der Waals surface area contributed by atoms with Gasteiger partial charge in [0.2, 0.25) is 0 Å². The summed E-state index contributed by atoms with van der Waals surface area (Å²) in [6, 6.07) is 8.97. The number of aromatic nitrogens is 4. The summed E-state index contributed by atoms with van der Waals surface area (Å²) in [5, 5.41) is 12.2. The predicted molar refractivity (Wildman–Crippen MR) is 111 cm³/mol. The third-order valence-electron chi connectivity index (χ3n) is 4.06. The van der Waals surface area contributed by atoms with Crippen molar-refractivity contribution in [1.82, 2.24) is 24.9 Å². The van der Waals surface area contributed by atoms with Gasteiger partial charge in [0, 0.05) is 30.0 Å². The fraction of sp³-hybridized carbons (Fsp3) is 0.316. The highest BCUT2D eigenvalue weighted by atomic mass is 79.9. The maximum Gasteiger partial charge on any atom is 0.271 e. The third kappa shape index (κ3) is 5.36. The summed E-state index contributed by atoms with van der Waals surface area (Å²) < 4.78 is 9.95. The first-order valence-electron chi connectivity index (χ1n) is 8.83. The van der Waals surface area contributed by atoms with E-state index in [1.807, 2.05) is 24.6 Å². The molecule has 0 fully saturated rings. The van der Waals surface area contributed by atoms with Crippen molar-refractivity contribution in [3.63, 3.8) is 0 Å². The van der Waals surface area contributed by atoms with Crippen LogP contribution in [0.4, 0.5) is 0 Å². The number of hydrogen-bond acceptors (Lipinski definition) is 4. The Morgan fingerprint density at radius 3 is 2.79 bits per heavy atom. The van der Waals surface area contributed by atoms with Crippen LogP contribution in [0.25, 0.3) is 0 Å². The van der Waals surface area contributed by atoms with Gasteiger partial charge < -0.3 is 10.1 Å². The molecule has 0 radical (unpaired) electrons. The van der Waals surface area contributed by atoms with Crippen LogP contribution in [0.15, 0.2) is 41.0 Å². The molecular formula is C19H21BrClN5O2. The Morgan fingerprint density at radius 2 is 2.07 bits per heavy atom. The van der Waals surface area contributed by atoms with E-state index < -0.39 is 0 Å². The molecule has 1 amide bonds. The molecule has 0 aliphatic heterocycles. The predicted octanol–water partition coefficient (Wildman–Crippen LogP) is 3.97. The normalized spacial score (nSPS) is 10.9. The summed E-state index contributed by atoms with van der Waals surface area (Å²) in [5.41, 5.74) is 2.47. The number of rotatable bonds is 8. The molecule has 0 unspecified atom stereocenters. The SMILES string of the molecule is Cc1cc(C)n(CCCNC(=O)c2ccn(COc3ccc(Cl)cc3Br)n2)n1. The third-order valence-corrected chi connectivity index (χ3v) is 4.91. The lowest BCUT2D eigenvalue weighted by Crippen LogP contribution is -2.26. The fourth-order valence-corrected chi connectivity index (χ4v) is 3.50. The van der Waals surface area contributed by atoms with E-state index in [0.717, 1.165) is 28.8 Å². The van der Waals surface area contributed by atoms with Crippen molar-refractivity contribution in [3.05, 3.63) is 63.1 Å². The minimum Gasteiger partial charge on any atom is -0.470 e. The minimum absolute atomic E-state index is 0.186. The molecule has 0 spiro atoms. The van der Waals surface area contributed by atoms with Gasteiger partial charge in [-0.3, -0.25) is 9.48 Å². The molecule has 1 aromatic carbocycles. The number of hydrogen-bond donors (Lipinski definition) is 1. The van der Waals surface area contributed by atoms with Gasteiger partial charge in [0.15, 0.2) is 6.73 Å². The molecule has 3 aromatic rings. The van der Waals surface area contributed by atoms with E-state index in [1.54, 1.807) is 35.1 Å². The second-order valence-electron chi connectivity index (χ2n) is 6.35. The van der Waals surface area contributed by atoms with Crippen LogP contribution in [-0.2, 0) is 13.3 Å². The Hall–Kier alpha value is -2.32. The Labute approximate surface area is 176 Å². The summed E-state index contributed by atoms with van der Waals surface area (Å²) in [4.78, 5) is 12.2. The number of carbonyl (C=O) groups excluding carboxylic acids is 1. The van der Waals surface area contributed by atoms with Gasteiger partial charge in [0.1, 0.15) is 11.4 Å². The molecular weight excluding hydrogens is 446 g/mol. The summed E-state index contributed by atoms with van der Waals surface area (Å²) in [6.07, 6.45) is 2.50. The van der Waals surface area contributed by atoms with E-state index in [2.05, 4.69) is 31.4 Å². The number of nitrogens with one attached hydrogen (secondary N) is 1. The van der Waals surface area contributed by atoms with Crippen LogP contribution in [0.5, 0.6) is 5.75 Å². The number of amides is 1. The van der Waals surface area contributed by atoms with Gasteiger partial charge in [-0.1, -0.05) is 11.6 Å². The summed E-state index contributed by atoms with van der Waals surface area (Å²) in [6.45, 7) is 5.49. The number of carbonyl (C=O) groups is 1. The van der Waals surface area contributed by atoms with Gasteiger partial charge >= 0.3 is 0 Å². The van der Waals surface area contributed by atoms with Crippen molar-refractivity contribution in [2.24, 2.45) is 0 Å². The molecule has 0 saturated heterocycles. The van der Waals surface area contributed by atoms with Crippen LogP contribution in [0.2, 0.25) is 5.02 Å². The monoisotopic (exact) mass is 465 g/mol. The molecule has 7 nitrogen and oxygen atoms in total. The Kier molecular flexibility index (Phi) is 6.74. The van der Waals surface area contributed by atoms with Crippen molar-refractivity contribution in [1.29, 1.82) is 0 Å². The summed E-state index contributed by atoms with van der Waals surface area (Å²) >= 11 is 9.31. The van der Waals surface area contributed by atoms with Crippen molar-refractivity contribution < 1.29 is 9.53 Å². The lowest BCUT2D eigenvalue weighted by molar-refractivity contribution is 0.0945. The molecule has 2 aromatic heterocycles. The maximum absolute atomic E-state index is 12.2. The van der Waals surface area contributed by atoms with Crippen LogP contribution in [0.1, 0.15) is 28.3 Å². The van der Waals surface area contributed by atoms with E-state index in [-0.39, 0.29) is 12.6 Å².